The van der Waals surface area contributed by atoms with E-state index in [4.69, 9.17) is 9.47 Å². The van der Waals surface area contributed by atoms with Gasteiger partial charge in [0.15, 0.2) is 5.78 Å². The van der Waals surface area contributed by atoms with E-state index in [0.717, 1.165) is 24.2 Å². The molecule has 1 N–H and O–H groups in total. The summed E-state index contributed by atoms with van der Waals surface area (Å²) < 4.78 is 10.6. The van der Waals surface area contributed by atoms with Crippen molar-refractivity contribution in [3.63, 3.8) is 0 Å². The Bertz CT molecular complexity index is 1100. The summed E-state index contributed by atoms with van der Waals surface area (Å²) in [6.45, 7) is 2.22. The number of anilines is 1. The van der Waals surface area contributed by atoms with Crippen LogP contribution in [0.4, 0.5) is 5.95 Å². The molecule has 164 valence electrons. The molecule has 0 aliphatic carbocycles. The number of rotatable bonds is 6. The topological polar surface area (TPSA) is 89.5 Å². The first-order valence-electron chi connectivity index (χ1n) is 10.7. The first kappa shape index (κ1) is 20.4. The van der Waals surface area contributed by atoms with Gasteiger partial charge in [-0.2, -0.15) is 9.97 Å². The van der Waals surface area contributed by atoms with Gasteiger partial charge in [-0.15, -0.1) is 0 Å². The molecule has 4 heterocycles. The van der Waals surface area contributed by atoms with Crippen LogP contribution in [0.3, 0.4) is 0 Å². The lowest BCUT2D eigenvalue weighted by Gasteiger charge is -2.21. The second-order valence-corrected chi connectivity index (χ2v) is 8.10. The SMILES string of the molecule is COc1cc(OC)nc(N2CC3CNC(C(=O)c4ncccc4-c4ccccc4)C3C2)n1. The highest BCUT2D eigenvalue weighted by atomic mass is 16.5. The Morgan fingerprint density at radius 2 is 1.78 bits per heavy atom. The highest BCUT2D eigenvalue weighted by Crippen LogP contribution is 2.35. The molecule has 3 unspecified atom stereocenters. The van der Waals surface area contributed by atoms with Crippen LogP contribution in [0.25, 0.3) is 11.1 Å². The van der Waals surface area contributed by atoms with Crippen LogP contribution in [-0.2, 0) is 0 Å². The summed E-state index contributed by atoms with van der Waals surface area (Å²) in [5.41, 5.74) is 2.36. The lowest BCUT2D eigenvalue weighted by atomic mass is 9.89. The van der Waals surface area contributed by atoms with Crippen LogP contribution in [0.5, 0.6) is 11.8 Å². The van der Waals surface area contributed by atoms with Gasteiger partial charge in [0, 0.05) is 37.3 Å². The second-order valence-electron chi connectivity index (χ2n) is 8.10. The summed E-state index contributed by atoms with van der Waals surface area (Å²) in [5.74, 6) is 1.97. The molecule has 5 rings (SSSR count). The summed E-state index contributed by atoms with van der Waals surface area (Å²) in [4.78, 5) is 29.2. The van der Waals surface area contributed by atoms with Crippen molar-refractivity contribution < 1.29 is 14.3 Å². The van der Waals surface area contributed by atoms with Gasteiger partial charge in [0.05, 0.1) is 26.3 Å². The maximum absolute atomic E-state index is 13.6. The van der Waals surface area contributed by atoms with Crippen molar-refractivity contribution in [2.24, 2.45) is 11.8 Å². The van der Waals surface area contributed by atoms with Crippen LogP contribution >= 0.6 is 0 Å². The number of ether oxygens (including phenoxy) is 2. The van der Waals surface area contributed by atoms with Gasteiger partial charge in [0.2, 0.25) is 17.7 Å². The van der Waals surface area contributed by atoms with Crippen LogP contribution in [0.2, 0.25) is 0 Å². The zero-order valence-electron chi connectivity index (χ0n) is 18.1. The third-order valence-corrected chi connectivity index (χ3v) is 6.30. The Morgan fingerprint density at radius 3 is 2.50 bits per heavy atom. The number of hydrogen-bond acceptors (Lipinski definition) is 8. The predicted molar refractivity (Wildman–Crippen MR) is 120 cm³/mol. The normalized spacial score (nSPS) is 21.9. The highest BCUT2D eigenvalue weighted by molar-refractivity contribution is 6.04. The number of nitrogens with one attached hydrogen (secondary N) is 1. The van der Waals surface area contributed by atoms with E-state index in [0.29, 0.717) is 35.9 Å². The Morgan fingerprint density at radius 1 is 1.03 bits per heavy atom. The molecular formula is C24H25N5O3. The molecule has 2 aromatic heterocycles. The number of benzene rings is 1. The standard InChI is InChI=1S/C24H25N5O3/c1-31-19-11-20(32-2)28-24(27-19)29-13-16-12-26-22(18(16)14-29)23(30)21-17(9-6-10-25-21)15-7-4-3-5-8-15/h3-11,16,18,22,26H,12-14H2,1-2H3. The first-order chi connectivity index (χ1) is 15.7. The Hall–Kier alpha value is -3.52. The summed E-state index contributed by atoms with van der Waals surface area (Å²) in [6.07, 6.45) is 1.68. The molecule has 0 bridgehead atoms. The van der Waals surface area contributed by atoms with E-state index < -0.39 is 0 Å². The van der Waals surface area contributed by atoms with Gasteiger partial charge < -0.3 is 19.7 Å². The minimum Gasteiger partial charge on any atom is -0.481 e. The van der Waals surface area contributed by atoms with Gasteiger partial charge in [0.1, 0.15) is 5.69 Å². The molecule has 32 heavy (non-hydrogen) atoms. The van der Waals surface area contributed by atoms with Gasteiger partial charge in [-0.05, 0) is 17.5 Å². The quantitative estimate of drug-likeness (QED) is 0.596. The van der Waals surface area contributed by atoms with E-state index in [2.05, 4.69) is 25.2 Å². The zero-order chi connectivity index (χ0) is 22.1. The number of fused-ring (bicyclic) bond motifs is 1. The van der Waals surface area contributed by atoms with Gasteiger partial charge in [-0.25, -0.2) is 0 Å². The van der Waals surface area contributed by atoms with E-state index in [9.17, 15) is 4.79 Å². The van der Waals surface area contributed by atoms with E-state index >= 15 is 0 Å². The van der Waals surface area contributed by atoms with Crippen molar-refractivity contribution in [3.8, 4) is 22.9 Å². The lowest BCUT2D eigenvalue weighted by Crippen LogP contribution is -2.39. The number of methoxy groups -OCH3 is 2. The largest absolute Gasteiger partial charge is 0.481 e. The summed E-state index contributed by atoms with van der Waals surface area (Å²) >= 11 is 0. The summed E-state index contributed by atoms with van der Waals surface area (Å²) in [7, 11) is 3.14. The van der Waals surface area contributed by atoms with Crippen LogP contribution in [0.15, 0.2) is 54.7 Å². The molecule has 0 amide bonds. The fourth-order valence-electron chi connectivity index (χ4n) is 4.71. The number of carbonyl (C=O) groups is 1. The maximum Gasteiger partial charge on any atom is 0.231 e. The van der Waals surface area contributed by atoms with Gasteiger partial charge in [0.25, 0.3) is 0 Å². The molecule has 2 aliphatic rings. The average Bonchev–Trinajstić information content (AvgIpc) is 3.45. The van der Waals surface area contributed by atoms with E-state index in [1.807, 2.05) is 42.5 Å². The molecule has 3 aromatic rings. The number of nitrogens with zero attached hydrogens (tertiary/aromatic N) is 4. The van der Waals surface area contributed by atoms with Crippen LogP contribution in [0, 0.1) is 11.8 Å². The molecule has 2 saturated heterocycles. The van der Waals surface area contributed by atoms with Crippen molar-refractivity contribution in [1.82, 2.24) is 20.3 Å². The molecule has 2 fully saturated rings. The number of ketones is 1. The average molecular weight is 431 g/mol. The smallest absolute Gasteiger partial charge is 0.231 e. The third kappa shape index (κ3) is 3.67. The van der Waals surface area contributed by atoms with Gasteiger partial charge >= 0.3 is 0 Å². The zero-order valence-corrected chi connectivity index (χ0v) is 18.1. The van der Waals surface area contributed by atoms with E-state index in [1.54, 1.807) is 26.5 Å². The van der Waals surface area contributed by atoms with E-state index in [-0.39, 0.29) is 17.7 Å². The number of Topliss-reactive ketones (excluding diaryl/α,β-unsaturated/α-hetero) is 1. The lowest BCUT2D eigenvalue weighted by molar-refractivity contribution is 0.0926. The minimum atomic E-state index is -0.296. The van der Waals surface area contributed by atoms with Crippen molar-refractivity contribution in [2.75, 3.05) is 38.8 Å². The fourth-order valence-corrected chi connectivity index (χ4v) is 4.71. The molecule has 0 radical (unpaired) electrons. The fraction of sp³-hybridized carbons (Fsp3) is 0.333. The van der Waals surface area contributed by atoms with Crippen molar-refractivity contribution in [3.05, 3.63) is 60.4 Å². The molecule has 8 nitrogen and oxygen atoms in total. The number of hydrogen-bond donors (Lipinski definition) is 1. The number of aromatic nitrogens is 3. The Kier molecular flexibility index (Phi) is 5.45. The number of carbonyl (C=O) groups excluding carboxylic acids is 1. The molecule has 0 saturated carbocycles. The minimum absolute atomic E-state index is 0.0305. The van der Waals surface area contributed by atoms with E-state index in [1.165, 1.54) is 0 Å². The molecule has 2 aliphatic heterocycles. The highest BCUT2D eigenvalue weighted by Gasteiger charge is 2.47. The van der Waals surface area contributed by atoms with Crippen molar-refractivity contribution in [2.45, 2.75) is 6.04 Å². The monoisotopic (exact) mass is 431 g/mol. The van der Waals surface area contributed by atoms with Gasteiger partial charge in [-0.3, -0.25) is 9.78 Å². The number of pyridine rings is 1. The predicted octanol–water partition coefficient (Wildman–Crippen LogP) is 2.46. The molecule has 3 atom stereocenters. The van der Waals surface area contributed by atoms with Crippen LogP contribution in [-0.4, -0.2) is 60.6 Å². The second kappa shape index (κ2) is 8.55. The van der Waals surface area contributed by atoms with Crippen LogP contribution in [0.1, 0.15) is 10.5 Å². The maximum atomic E-state index is 13.6. The van der Waals surface area contributed by atoms with Gasteiger partial charge in [-0.1, -0.05) is 36.4 Å². The first-order valence-corrected chi connectivity index (χ1v) is 10.7. The van der Waals surface area contributed by atoms with Crippen LogP contribution < -0.4 is 19.7 Å². The molecule has 0 spiro atoms. The Labute approximate surface area is 186 Å². The molecule has 8 heteroatoms. The Balaban J connectivity index is 1.40. The summed E-state index contributed by atoms with van der Waals surface area (Å²) in [5, 5.41) is 3.45. The third-order valence-electron chi connectivity index (χ3n) is 6.30. The summed E-state index contributed by atoms with van der Waals surface area (Å²) in [6, 6.07) is 15.1. The van der Waals surface area contributed by atoms with Crippen molar-refractivity contribution in [1.29, 1.82) is 0 Å². The molecular weight excluding hydrogens is 406 g/mol. The molecule has 1 aromatic carbocycles. The van der Waals surface area contributed by atoms with Crippen molar-refractivity contribution >= 4 is 11.7 Å².